The first-order valence-corrected chi connectivity index (χ1v) is 9.74. The molecule has 0 spiro atoms. The van der Waals surface area contributed by atoms with Crippen molar-refractivity contribution in [3.63, 3.8) is 0 Å². The van der Waals surface area contributed by atoms with Crippen LogP contribution in [0.5, 0.6) is 0 Å². The summed E-state index contributed by atoms with van der Waals surface area (Å²) in [6.07, 6.45) is 0.0103. The monoisotopic (exact) mass is 447 g/mol. The van der Waals surface area contributed by atoms with Crippen molar-refractivity contribution in [2.24, 2.45) is 0 Å². The number of hydrogen-bond donors (Lipinski definition) is 7. The Hall–Kier alpha value is -2.31. The predicted molar refractivity (Wildman–Crippen MR) is 105 cm³/mol. The van der Waals surface area contributed by atoms with Gasteiger partial charge >= 0.3 is 7.60 Å². The van der Waals surface area contributed by atoms with Gasteiger partial charge in [-0.25, -0.2) is 0 Å². The second kappa shape index (κ2) is 9.01. The first kappa shape index (κ1) is 23.0. The first-order chi connectivity index (χ1) is 13.2. The van der Waals surface area contributed by atoms with Crippen LogP contribution >= 0.6 is 20.0 Å². The van der Waals surface area contributed by atoms with Crippen LogP contribution in [-0.4, -0.2) is 42.4 Å². The molecule has 14 heteroatoms. The van der Waals surface area contributed by atoms with E-state index in [1.807, 2.05) is 0 Å². The van der Waals surface area contributed by atoms with Crippen molar-refractivity contribution in [3.8, 4) is 0 Å². The van der Waals surface area contributed by atoms with Crippen molar-refractivity contribution in [2.75, 3.05) is 10.6 Å². The molecule has 2 heterocycles. The molecule has 0 fully saturated rings. The van der Waals surface area contributed by atoms with Crippen LogP contribution in [0.15, 0.2) is 36.7 Å². The highest BCUT2D eigenvalue weighted by Crippen LogP contribution is 2.50. The quantitative estimate of drug-likeness (QED) is 0.189. The summed E-state index contributed by atoms with van der Waals surface area (Å²) in [6, 6.07) is 5.41. The standard InChI is InChI=1S/C15H18N5O7P.ClH/c21-13-14(22)19-12-9(4-10(20(23)24)5-11(12)18-13)7-17-15(28(25,26)27)8-2-1-3-16-6-8;/h1-6,13-15,17-19,21-22H,7H2,(H2,25,26,27);1H. The van der Waals surface area contributed by atoms with Gasteiger partial charge in [0.05, 0.1) is 16.3 Å². The molecule has 3 rings (SSSR count). The molecule has 1 aromatic heterocycles. The zero-order valence-electron chi connectivity index (χ0n) is 14.7. The van der Waals surface area contributed by atoms with Crippen molar-refractivity contribution in [3.05, 3.63) is 57.9 Å². The van der Waals surface area contributed by atoms with E-state index in [1.165, 1.54) is 36.7 Å². The highest BCUT2D eigenvalue weighted by Gasteiger charge is 2.32. The molecule has 3 atom stereocenters. The van der Waals surface area contributed by atoms with Gasteiger partial charge in [0, 0.05) is 31.1 Å². The van der Waals surface area contributed by atoms with Crippen molar-refractivity contribution in [2.45, 2.75) is 24.8 Å². The molecular weight excluding hydrogens is 429 g/mol. The Balaban J connectivity index is 0.00000300. The maximum atomic E-state index is 11.9. The summed E-state index contributed by atoms with van der Waals surface area (Å²) in [5.41, 5.74) is 0.675. The molecule has 0 amide bonds. The number of nitrogens with one attached hydrogen (secondary N) is 3. The van der Waals surface area contributed by atoms with Gasteiger partial charge in [-0.05, 0) is 17.2 Å². The number of rotatable bonds is 6. The lowest BCUT2D eigenvalue weighted by Crippen LogP contribution is -2.43. The van der Waals surface area contributed by atoms with Crippen LogP contribution < -0.4 is 16.0 Å². The molecule has 158 valence electrons. The number of hydrogen-bond acceptors (Lipinski definition) is 9. The molecular formula is C15H19ClN5O7P. The largest absolute Gasteiger partial charge is 0.369 e. The SMILES string of the molecule is Cl.O=[N+]([O-])c1cc(CNC(c2cccnc2)P(=O)(O)O)c2c(c1)NC(O)C(O)N2. The minimum atomic E-state index is -4.63. The molecule has 0 saturated heterocycles. The highest BCUT2D eigenvalue weighted by molar-refractivity contribution is 7.52. The van der Waals surface area contributed by atoms with E-state index >= 15 is 0 Å². The van der Waals surface area contributed by atoms with Crippen LogP contribution in [-0.2, 0) is 11.1 Å². The van der Waals surface area contributed by atoms with E-state index in [-0.39, 0.29) is 47.1 Å². The summed E-state index contributed by atoms with van der Waals surface area (Å²) in [5, 5.41) is 38.6. The van der Waals surface area contributed by atoms with Gasteiger partial charge in [-0.3, -0.25) is 25.0 Å². The number of halogens is 1. The normalized spacial score (nSPS) is 19.2. The third kappa shape index (κ3) is 5.19. The van der Waals surface area contributed by atoms with Gasteiger partial charge in [0.15, 0.2) is 12.5 Å². The maximum absolute atomic E-state index is 11.9. The predicted octanol–water partition coefficient (Wildman–Crippen LogP) is 0.852. The summed E-state index contributed by atoms with van der Waals surface area (Å²) >= 11 is 0. The van der Waals surface area contributed by atoms with E-state index in [9.17, 15) is 34.7 Å². The van der Waals surface area contributed by atoms with Gasteiger partial charge in [-0.15, -0.1) is 12.4 Å². The average molecular weight is 448 g/mol. The fourth-order valence-corrected chi connectivity index (χ4v) is 3.73. The molecule has 0 saturated carbocycles. The van der Waals surface area contributed by atoms with Gasteiger partial charge in [0.25, 0.3) is 5.69 Å². The van der Waals surface area contributed by atoms with E-state index in [1.54, 1.807) is 0 Å². The number of nitro benzene ring substituents is 1. The zero-order valence-corrected chi connectivity index (χ0v) is 16.4. The van der Waals surface area contributed by atoms with Crippen LogP contribution in [0.1, 0.15) is 16.9 Å². The number of aromatic nitrogens is 1. The summed E-state index contributed by atoms with van der Waals surface area (Å²) in [7, 11) is -4.63. The number of pyridine rings is 1. The van der Waals surface area contributed by atoms with Crippen LogP contribution in [0.3, 0.4) is 0 Å². The summed E-state index contributed by atoms with van der Waals surface area (Å²) < 4.78 is 11.9. The van der Waals surface area contributed by atoms with Gasteiger partial charge in [0.1, 0.15) is 5.78 Å². The summed E-state index contributed by atoms with van der Waals surface area (Å²) in [4.78, 5) is 33.8. The second-order valence-electron chi connectivity index (χ2n) is 6.12. The third-order valence-corrected chi connectivity index (χ3v) is 5.29. The number of benzene rings is 1. The first-order valence-electron chi connectivity index (χ1n) is 8.06. The van der Waals surface area contributed by atoms with Gasteiger partial charge in [-0.2, -0.15) is 0 Å². The molecule has 0 radical (unpaired) electrons. The third-order valence-electron chi connectivity index (χ3n) is 4.13. The van der Waals surface area contributed by atoms with Crippen LogP contribution in [0.25, 0.3) is 0 Å². The van der Waals surface area contributed by atoms with Crippen molar-refractivity contribution < 1.29 is 29.5 Å². The molecule has 29 heavy (non-hydrogen) atoms. The Morgan fingerprint density at radius 2 is 1.97 bits per heavy atom. The molecule has 1 aliphatic heterocycles. The lowest BCUT2D eigenvalue weighted by atomic mass is 10.1. The van der Waals surface area contributed by atoms with E-state index in [0.717, 1.165) is 0 Å². The van der Waals surface area contributed by atoms with Gasteiger partial charge in [0.2, 0.25) is 0 Å². The Morgan fingerprint density at radius 3 is 2.55 bits per heavy atom. The van der Waals surface area contributed by atoms with E-state index in [0.29, 0.717) is 0 Å². The number of anilines is 2. The number of nitro groups is 1. The molecule has 1 aliphatic rings. The molecule has 0 bridgehead atoms. The topological polar surface area (TPSA) is 190 Å². The zero-order chi connectivity index (χ0) is 20.5. The number of nitrogens with zero attached hydrogens (tertiary/aromatic N) is 2. The number of non-ortho nitro benzene ring substituents is 1. The summed E-state index contributed by atoms with van der Waals surface area (Å²) in [6.45, 7) is -0.174. The van der Waals surface area contributed by atoms with Crippen molar-refractivity contribution in [1.82, 2.24) is 10.3 Å². The summed E-state index contributed by atoms with van der Waals surface area (Å²) in [5.74, 6) is -1.39. The maximum Gasteiger partial charge on any atom is 0.346 e. The van der Waals surface area contributed by atoms with E-state index in [2.05, 4.69) is 20.9 Å². The molecule has 3 unspecified atom stereocenters. The number of aliphatic hydroxyl groups is 2. The lowest BCUT2D eigenvalue weighted by molar-refractivity contribution is -0.384. The molecule has 1 aromatic carbocycles. The second-order valence-corrected chi connectivity index (χ2v) is 7.82. The van der Waals surface area contributed by atoms with Gasteiger partial charge < -0.3 is 30.6 Å². The Labute approximate surface area is 170 Å². The smallest absolute Gasteiger partial charge is 0.346 e. The van der Waals surface area contributed by atoms with Gasteiger partial charge in [-0.1, -0.05) is 6.07 Å². The number of aliphatic hydroxyl groups excluding tert-OH is 2. The molecule has 12 nitrogen and oxygen atoms in total. The molecule has 0 aliphatic carbocycles. The van der Waals surface area contributed by atoms with E-state index < -0.39 is 30.8 Å². The minimum absolute atomic E-state index is 0. The average Bonchev–Trinajstić information content (AvgIpc) is 2.62. The van der Waals surface area contributed by atoms with E-state index in [4.69, 9.17) is 0 Å². The van der Waals surface area contributed by atoms with Crippen LogP contribution in [0, 0.1) is 10.1 Å². The van der Waals surface area contributed by atoms with Crippen LogP contribution in [0.2, 0.25) is 0 Å². The number of fused-ring (bicyclic) bond motifs is 1. The Kier molecular flexibility index (Phi) is 7.14. The molecule has 7 N–H and O–H groups in total. The highest BCUT2D eigenvalue weighted by atomic mass is 35.5. The fourth-order valence-electron chi connectivity index (χ4n) is 2.85. The van der Waals surface area contributed by atoms with Crippen molar-refractivity contribution in [1.29, 1.82) is 0 Å². The van der Waals surface area contributed by atoms with Crippen LogP contribution in [0.4, 0.5) is 17.1 Å². The molecule has 2 aromatic rings. The Bertz CT molecular complexity index is 929. The fraction of sp³-hybridized carbons (Fsp3) is 0.267. The lowest BCUT2D eigenvalue weighted by Gasteiger charge is -2.31. The Morgan fingerprint density at radius 1 is 1.28 bits per heavy atom. The minimum Gasteiger partial charge on any atom is -0.369 e. The van der Waals surface area contributed by atoms with Crippen molar-refractivity contribution >= 4 is 37.1 Å².